The Kier molecular flexibility index (Phi) is 2.62. The number of aliphatic carboxylic acids is 1. The van der Waals surface area contributed by atoms with E-state index in [2.05, 4.69) is 4.98 Å². The van der Waals surface area contributed by atoms with Crippen molar-refractivity contribution in [3.8, 4) is 0 Å². The molecule has 0 saturated heterocycles. The van der Waals surface area contributed by atoms with E-state index < -0.39 is 17.9 Å². The molecule has 5 heteroatoms. The molecule has 0 spiro atoms. The van der Waals surface area contributed by atoms with Gasteiger partial charge in [-0.15, -0.1) is 0 Å². The molecular formula is C11H10FNO3. The van der Waals surface area contributed by atoms with Crippen LogP contribution < -0.4 is 0 Å². The highest BCUT2D eigenvalue weighted by molar-refractivity contribution is 5.84. The van der Waals surface area contributed by atoms with Crippen LogP contribution in [0.3, 0.4) is 0 Å². The van der Waals surface area contributed by atoms with Crippen LogP contribution in [-0.2, 0) is 11.2 Å². The maximum atomic E-state index is 13.5. The fourth-order valence-electron chi connectivity index (χ4n) is 1.66. The van der Waals surface area contributed by atoms with Crippen LogP contribution in [0.15, 0.2) is 24.4 Å². The Morgan fingerprint density at radius 3 is 2.94 bits per heavy atom. The van der Waals surface area contributed by atoms with Crippen molar-refractivity contribution in [1.82, 2.24) is 4.98 Å². The lowest BCUT2D eigenvalue weighted by Gasteiger charge is -2.04. The largest absolute Gasteiger partial charge is 0.479 e. The second kappa shape index (κ2) is 3.94. The molecule has 16 heavy (non-hydrogen) atoms. The van der Waals surface area contributed by atoms with Crippen LogP contribution in [0.5, 0.6) is 0 Å². The molecule has 0 saturated carbocycles. The molecule has 84 valence electrons. The number of halogens is 1. The minimum Gasteiger partial charge on any atom is -0.479 e. The predicted octanol–water partition coefficient (Wildman–Crippen LogP) is 1.30. The van der Waals surface area contributed by atoms with E-state index in [4.69, 9.17) is 5.11 Å². The first-order chi connectivity index (χ1) is 7.59. The number of benzene rings is 1. The maximum absolute atomic E-state index is 13.5. The number of fused-ring (bicyclic) bond motifs is 1. The van der Waals surface area contributed by atoms with E-state index in [1.165, 1.54) is 12.3 Å². The lowest BCUT2D eigenvalue weighted by Crippen LogP contribution is -2.21. The summed E-state index contributed by atoms with van der Waals surface area (Å²) < 4.78 is 13.5. The van der Waals surface area contributed by atoms with Gasteiger partial charge >= 0.3 is 5.97 Å². The highest BCUT2D eigenvalue weighted by Gasteiger charge is 2.17. The summed E-state index contributed by atoms with van der Waals surface area (Å²) >= 11 is 0. The van der Waals surface area contributed by atoms with Crippen molar-refractivity contribution in [1.29, 1.82) is 0 Å². The molecule has 1 aromatic heterocycles. The molecule has 0 amide bonds. The van der Waals surface area contributed by atoms with Crippen molar-refractivity contribution < 1.29 is 19.4 Å². The van der Waals surface area contributed by atoms with E-state index in [1.807, 2.05) is 0 Å². The number of rotatable bonds is 3. The number of carboxylic acids is 1. The summed E-state index contributed by atoms with van der Waals surface area (Å²) in [5.74, 6) is -1.74. The topological polar surface area (TPSA) is 73.3 Å². The van der Waals surface area contributed by atoms with Gasteiger partial charge in [0.05, 0.1) is 0 Å². The first kappa shape index (κ1) is 10.6. The van der Waals surface area contributed by atoms with E-state index in [9.17, 15) is 14.3 Å². The van der Waals surface area contributed by atoms with Gasteiger partial charge in [-0.05, 0) is 17.7 Å². The highest BCUT2D eigenvalue weighted by Crippen LogP contribution is 2.22. The van der Waals surface area contributed by atoms with Crippen LogP contribution in [0.25, 0.3) is 10.9 Å². The van der Waals surface area contributed by atoms with E-state index in [1.54, 1.807) is 12.1 Å². The summed E-state index contributed by atoms with van der Waals surface area (Å²) in [5.41, 5.74) is 1.05. The fraction of sp³-hybridized carbons (Fsp3) is 0.182. The number of hydrogen-bond acceptors (Lipinski definition) is 2. The smallest absolute Gasteiger partial charge is 0.332 e. The second-order valence-corrected chi connectivity index (χ2v) is 3.53. The minimum absolute atomic E-state index is 0.115. The van der Waals surface area contributed by atoms with Gasteiger partial charge in [-0.3, -0.25) is 0 Å². The molecule has 0 aliphatic rings. The average molecular weight is 223 g/mol. The van der Waals surface area contributed by atoms with Gasteiger partial charge in [0.2, 0.25) is 0 Å². The molecule has 0 fully saturated rings. The van der Waals surface area contributed by atoms with Gasteiger partial charge in [0.25, 0.3) is 0 Å². The first-order valence-electron chi connectivity index (χ1n) is 4.75. The van der Waals surface area contributed by atoms with E-state index in [0.29, 0.717) is 16.5 Å². The molecule has 1 atom stereocenters. The molecule has 2 aromatic rings. The Labute approximate surface area is 90.3 Å². The van der Waals surface area contributed by atoms with Crippen molar-refractivity contribution in [2.24, 2.45) is 0 Å². The fourth-order valence-corrected chi connectivity index (χ4v) is 1.66. The minimum atomic E-state index is -1.52. The van der Waals surface area contributed by atoms with E-state index >= 15 is 0 Å². The third-order valence-electron chi connectivity index (χ3n) is 2.43. The number of aromatic nitrogens is 1. The highest BCUT2D eigenvalue weighted by atomic mass is 19.1. The van der Waals surface area contributed by atoms with Gasteiger partial charge in [0, 0.05) is 23.5 Å². The zero-order valence-electron chi connectivity index (χ0n) is 8.27. The van der Waals surface area contributed by atoms with Gasteiger partial charge < -0.3 is 15.2 Å². The lowest BCUT2D eigenvalue weighted by molar-refractivity contribution is -0.146. The summed E-state index contributed by atoms with van der Waals surface area (Å²) in [5, 5.41) is 18.1. The Bertz CT molecular complexity index is 535. The Balaban J connectivity index is 2.42. The number of aromatic amines is 1. The normalized spacial score (nSPS) is 12.9. The van der Waals surface area contributed by atoms with Crippen molar-refractivity contribution in [3.05, 3.63) is 35.8 Å². The van der Waals surface area contributed by atoms with Crippen molar-refractivity contribution in [2.75, 3.05) is 0 Å². The molecule has 3 N–H and O–H groups in total. The molecule has 0 aliphatic heterocycles. The molecule has 4 nitrogen and oxygen atoms in total. The number of carboxylic acid groups (broad SMARTS) is 1. The zero-order chi connectivity index (χ0) is 11.7. The van der Waals surface area contributed by atoms with Crippen molar-refractivity contribution in [3.63, 3.8) is 0 Å². The molecular weight excluding hydrogens is 213 g/mol. The van der Waals surface area contributed by atoms with Crippen LogP contribution in [0.1, 0.15) is 5.56 Å². The molecule has 1 aromatic carbocycles. The van der Waals surface area contributed by atoms with Gasteiger partial charge in [0.15, 0.2) is 6.10 Å². The van der Waals surface area contributed by atoms with Gasteiger partial charge in [-0.2, -0.15) is 0 Å². The number of aliphatic hydroxyl groups excluding tert-OH is 1. The Morgan fingerprint density at radius 2 is 2.25 bits per heavy atom. The molecule has 2 rings (SSSR count). The second-order valence-electron chi connectivity index (χ2n) is 3.53. The summed E-state index contributed by atoms with van der Waals surface area (Å²) in [4.78, 5) is 13.3. The van der Waals surface area contributed by atoms with Crippen LogP contribution >= 0.6 is 0 Å². The van der Waals surface area contributed by atoms with E-state index in [0.717, 1.165) is 0 Å². The summed E-state index contributed by atoms with van der Waals surface area (Å²) in [6.07, 6.45) is -0.116. The van der Waals surface area contributed by atoms with Crippen LogP contribution in [0.2, 0.25) is 0 Å². The number of aliphatic hydroxyl groups is 1. The summed E-state index contributed by atoms with van der Waals surface area (Å²) in [7, 11) is 0. The number of H-pyrrole nitrogens is 1. The summed E-state index contributed by atoms with van der Waals surface area (Å²) in [6, 6.07) is 4.55. The van der Waals surface area contributed by atoms with Gasteiger partial charge in [-0.25, -0.2) is 9.18 Å². The average Bonchev–Trinajstić information content (AvgIpc) is 2.63. The van der Waals surface area contributed by atoms with Crippen LogP contribution in [0.4, 0.5) is 4.39 Å². The monoisotopic (exact) mass is 223 g/mol. The lowest BCUT2D eigenvalue weighted by atomic mass is 10.1. The predicted molar refractivity (Wildman–Crippen MR) is 55.6 cm³/mol. The maximum Gasteiger partial charge on any atom is 0.332 e. The zero-order valence-corrected chi connectivity index (χ0v) is 8.27. The molecule has 0 radical (unpaired) electrons. The van der Waals surface area contributed by atoms with Gasteiger partial charge in [0.1, 0.15) is 5.82 Å². The third-order valence-corrected chi connectivity index (χ3v) is 2.43. The third kappa shape index (κ3) is 1.77. The number of nitrogens with one attached hydrogen (secondary N) is 1. The molecule has 1 heterocycles. The molecule has 0 bridgehead atoms. The van der Waals surface area contributed by atoms with Crippen molar-refractivity contribution >= 4 is 16.9 Å². The van der Waals surface area contributed by atoms with E-state index in [-0.39, 0.29) is 6.42 Å². The number of hydrogen-bond donors (Lipinski definition) is 3. The quantitative estimate of drug-likeness (QED) is 0.734. The SMILES string of the molecule is O=C(O)C(O)Cc1c[nH]c2cccc(F)c12. The standard InChI is InChI=1S/C11H10FNO3/c12-7-2-1-3-8-10(7)6(5-13-8)4-9(14)11(15)16/h1-3,5,9,13-14H,4H2,(H,15,16). The van der Waals surface area contributed by atoms with Crippen molar-refractivity contribution in [2.45, 2.75) is 12.5 Å². The Morgan fingerprint density at radius 1 is 1.50 bits per heavy atom. The Hall–Kier alpha value is -1.88. The molecule has 0 aliphatic carbocycles. The van der Waals surface area contributed by atoms with Crippen LogP contribution in [0, 0.1) is 5.82 Å². The van der Waals surface area contributed by atoms with Crippen LogP contribution in [-0.4, -0.2) is 27.3 Å². The first-order valence-corrected chi connectivity index (χ1v) is 4.75. The number of carbonyl (C=O) groups is 1. The summed E-state index contributed by atoms with van der Waals surface area (Å²) in [6.45, 7) is 0. The molecule has 1 unspecified atom stereocenters. The van der Waals surface area contributed by atoms with Gasteiger partial charge in [-0.1, -0.05) is 6.07 Å².